The van der Waals surface area contributed by atoms with Crippen molar-refractivity contribution in [2.75, 3.05) is 0 Å². The van der Waals surface area contributed by atoms with E-state index in [1.807, 2.05) is 84.9 Å². The third-order valence-corrected chi connectivity index (χ3v) is 4.31. The number of hydrogen-bond acceptors (Lipinski definition) is 2. The summed E-state index contributed by atoms with van der Waals surface area (Å²) >= 11 is 0. The van der Waals surface area contributed by atoms with Gasteiger partial charge in [0, 0.05) is 11.1 Å². The summed E-state index contributed by atoms with van der Waals surface area (Å²) in [5.41, 5.74) is 1.55. The Bertz CT molecular complexity index is 1000. The molecule has 4 aromatic carbocycles. The molecule has 0 atom stereocenters. The van der Waals surface area contributed by atoms with Crippen LogP contribution in [0.25, 0.3) is 21.5 Å². The van der Waals surface area contributed by atoms with Gasteiger partial charge in [-0.25, -0.2) is 0 Å². The van der Waals surface area contributed by atoms with E-state index >= 15 is 0 Å². The number of benzene rings is 4. The highest BCUT2D eigenvalue weighted by Crippen LogP contribution is 2.16. The van der Waals surface area contributed by atoms with E-state index in [0.29, 0.717) is 0 Å². The average Bonchev–Trinajstić information content (AvgIpc) is 2.67. The average molecular weight is 340 g/mol. The standard InChI is InChI=1S/2C12H10O/c2*1-9(13)11-7-6-10-4-2-3-5-12(10)8-11/h2*2-8H,1H3. The summed E-state index contributed by atoms with van der Waals surface area (Å²) in [6, 6.07) is 27.6. The summed E-state index contributed by atoms with van der Waals surface area (Å²) in [4.78, 5) is 22.2. The molecule has 0 bridgehead atoms. The number of rotatable bonds is 2. The normalized spacial score (nSPS) is 10.2. The number of carbonyl (C=O) groups excluding carboxylic acids is 2. The Morgan fingerprint density at radius 2 is 0.846 bits per heavy atom. The molecule has 0 aliphatic rings. The van der Waals surface area contributed by atoms with Crippen molar-refractivity contribution in [2.45, 2.75) is 13.8 Å². The first-order valence-corrected chi connectivity index (χ1v) is 8.54. The fourth-order valence-corrected chi connectivity index (χ4v) is 2.82. The Morgan fingerprint density at radius 1 is 0.500 bits per heavy atom. The second-order valence-corrected chi connectivity index (χ2v) is 6.24. The molecule has 0 aliphatic heterocycles. The van der Waals surface area contributed by atoms with Crippen LogP contribution in [0.4, 0.5) is 0 Å². The zero-order valence-corrected chi connectivity index (χ0v) is 14.9. The second-order valence-electron chi connectivity index (χ2n) is 6.24. The van der Waals surface area contributed by atoms with E-state index in [2.05, 4.69) is 0 Å². The molecule has 26 heavy (non-hydrogen) atoms. The highest BCUT2D eigenvalue weighted by molar-refractivity contribution is 5.99. The molecule has 0 aliphatic carbocycles. The molecule has 0 spiro atoms. The zero-order valence-electron chi connectivity index (χ0n) is 14.9. The van der Waals surface area contributed by atoms with E-state index in [4.69, 9.17) is 0 Å². The summed E-state index contributed by atoms with van der Waals surface area (Å²) in [6.07, 6.45) is 0. The lowest BCUT2D eigenvalue weighted by atomic mass is 10.1. The Hall–Kier alpha value is -3.26. The maximum atomic E-state index is 11.1. The number of carbonyl (C=O) groups is 2. The lowest BCUT2D eigenvalue weighted by Crippen LogP contribution is -1.90. The monoisotopic (exact) mass is 340 g/mol. The summed E-state index contributed by atoms with van der Waals surface area (Å²) in [5, 5.41) is 4.59. The maximum absolute atomic E-state index is 11.1. The minimum absolute atomic E-state index is 0.116. The van der Waals surface area contributed by atoms with E-state index in [0.717, 1.165) is 21.9 Å². The number of Topliss-reactive ketones (excluding diaryl/α,β-unsaturated/α-hetero) is 2. The zero-order chi connectivity index (χ0) is 18.5. The van der Waals surface area contributed by atoms with Crippen molar-refractivity contribution in [1.82, 2.24) is 0 Å². The quantitative estimate of drug-likeness (QED) is 0.414. The fraction of sp³-hybridized carbons (Fsp3) is 0.0833. The first-order valence-electron chi connectivity index (χ1n) is 8.54. The van der Waals surface area contributed by atoms with Crippen LogP contribution >= 0.6 is 0 Å². The van der Waals surface area contributed by atoms with Crippen LogP contribution in [0.3, 0.4) is 0 Å². The minimum atomic E-state index is 0.116. The molecule has 4 aromatic rings. The minimum Gasteiger partial charge on any atom is -0.295 e. The van der Waals surface area contributed by atoms with Crippen molar-refractivity contribution in [2.24, 2.45) is 0 Å². The van der Waals surface area contributed by atoms with Gasteiger partial charge in [-0.15, -0.1) is 0 Å². The molecule has 2 heteroatoms. The lowest BCUT2D eigenvalue weighted by Gasteiger charge is -1.99. The van der Waals surface area contributed by atoms with Crippen LogP contribution < -0.4 is 0 Å². The largest absolute Gasteiger partial charge is 0.295 e. The SMILES string of the molecule is CC(=O)c1ccc2ccccc2c1.CC(=O)c1ccc2ccccc2c1. The van der Waals surface area contributed by atoms with Gasteiger partial charge in [-0.1, -0.05) is 72.8 Å². The van der Waals surface area contributed by atoms with Gasteiger partial charge in [0.05, 0.1) is 0 Å². The van der Waals surface area contributed by atoms with Crippen molar-refractivity contribution in [3.05, 3.63) is 96.1 Å². The molecule has 0 radical (unpaired) electrons. The number of fused-ring (bicyclic) bond motifs is 2. The molecule has 0 saturated heterocycles. The molecular weight excluding hydrogens is 320 g/mol. The first-order chi connectivity index (χ1) is 12.5. The van der Waals surface area contributed by atoms with Gasteiger partial charge in [0.25, 0.3) is 0 Å². The smallest absolute Gasteiger partial charge is 0.159 e. The van der Waals surface area contributed by atoms with Crippen molar-refractivity contribution in [3.63, 3.8) is 0 Å². The molecule has 0 saturated carbocycles. The van der Waals surface area contributed by atoms with Gasteiger partial charge >= 0.3 is 0 Å². The number of hydrogen-bond donors (Lipinski definition) is 0. The van der Waals surface area contributed by atoms with E-state index in [-0.39, 0.29) is 11.6 Å². The first kappa shape index (κ1) is 17.6. The van der Waals surface area contributed by atoms with Crippen LogP contribution in [0.15, 0.2) is 84.9 Å². The van der Waals surface area contributed by atoms with Gasteiger partial charge in [0.2, 0.25) is 0 Å². The summed E-state index contributed by atoms with van der Waals surface area (Å²) in [7, 11) is 0. The van der Waals surface area contributed by atoms with Crippen molar-refractivity contribution < 1.29 is 9.59 Å². The van der Waals surface area contributed by atoms with Crippen LogP contribution in [0, 0.1) is 0 Å². The molecular formula is C24H20O2. The van der Waals surface area contributed by atoms with Crippen molar-refractivity contribution in [3.8, 4) is 0 Å². The molecule has 0 aromatic heterocycles. The topological polar surface area (TPSA) is 34.1 Å². The third-order valence-electron chi connectivity index (χ3n) is 4.31. The van der Waals surface area contributed by atoms with Gasteiger partial charge in [-0.05, 0) is 47.5 Å². The number of ketones is 2. The predicted octanol–water partition coefficient (Wildman–Crippen LogP) is 6.08. The van der Waals surface area contributed by atoms with E-state index < -0.39 is 0 Å². The van der Waals surface area contributed by atoms with E-state index in [9.17, 15) is 9.59 Å². The van der Waals surface area contributed by atoms with Gasteiger partial charge < -0.3 is 0 Å². The Kier molecular flexibility index (Phi) is 5.23. The predicted molar refractivity (Wildman–Crippen MR) is 108 cm³/mol. The highest BCUT2D eigenvalue weighted by Gasteiger charge is 2.00. The Labute approximate surface area is 153 Å². The molecule has 4 rings (SSSR count). The van der Waals surface area contributed by atoms with Gasteiger partial charge in [-0.3, -0.25) is 9.59 Å². The molecule has 0 heterocycles. The van der Waals surface area contributed by atoms with Crippen LogP contribution in [-0.2, 0) is 0 Å². The van der Waals surface area contributed by atoms with Gasteiger partial charge in [-0.2, -0.15) is 0 Å². The fourth-order valence-electron chi connectivity index (χ4n) is 2.82. The molecule has 0 fully saturated rings. The summed E-state index contributed by atoms with van der Waals surface area (Å²) < 4.78 is 0. The van der Waals surface area contributed by atoms with Gasteiger partial charge in [0.1, 0.15) is 0 Å². The summed E-state index contributed by atoms with van der Waals surface area (Å²) in [5.74, 6) is 0.233. The molecule has 128 valence electrons. The lowest BCUT2D eigenvalue weighted by molar-refractivity contribution is 0.100. The van der Waals surface area contributed by atoms with Crippen LogP contribution in [-0.4, -0.2) is 11.6 Å². The Balaban J connectivity index is 0.000000151. The highest BCUT2D eigenvalue weighted by atomic mass is 16.1. The molecule has 0 N–H and O–H groups in total. The molecule has 2 nitrogen and oxygen atoms in total. The second kappa shape index (κ2) is 7.75. The van der Waals surface area contributed by atoms with Crippen LogP contribution in [0.1, 0.15) is 34.6 Å². The summed E-state index contributed by atoms with van der Waals surface area (Å²) in [6.45, 7) is 3.17. The van der Waals surface area contributed by atoms with E-state index in [1.165, 1.54) is 10.8 Å². The molecule has 0 unspecified atom stereocenters. The van der Waals surface area contributed by atoms with Crippen LogP contribution in [0.2, 0.25) is 0 Å². The van der Waals surface area contributed by atoms with Crippen molar-refractivity contribution in [1.29, 1.82) is 0 Å². The maximum Gasteiger partial charge on any atom is 0.159 e. The van der Waals surface area contributed by atoms with Crippen molar-refractivity contribution >= 4 is 33.1 Å². The Morgan fingerprint density at radius 3 is 1.19 bits per heavy atom. The molecule has 0 amide bonds. The third kappa shape index (κ3) is 4.04. The van der Waals surface area contributed by atoms with Crippen LogP contribution in [0.5, 0.6) is 0 Å². The van der Waals surface area contributed by atoms with Gasteiger partial charge in [0.15, 0.2) is 11.6 Å². The van der Waals surface area contributed by atoms with E-state index in [1.54, 1.807) is 13.8 Å².